The zero-order valence-electron chi connectivity index (χ0n) is 19.4. The Hall–Kier alpha value is -2.67. The van der Waals surface area contributed by atoms with E-state index in [4.69, 9.17) is 4.74 Å². The van der Waals surface area contributed by atoms with Gasteiger partial charge >= 0.3 is 6.36 Å². The molecule has 1 fully saturated rings. The summed E-state index contributed by atoms with van der Waals surface area (Å²) in [7, 11) is 1.72. The lowest BCUT2D eigenvalue weighted by atomic mass is 9.94. The summed E-state index contributed by atoms with van der Waals surface area (Å²) in [4.78, 5) is 2.29. The number of rotatable bonds is 10. The van der Waals surface area contributed by atoms with Crippen LogP contribution in [-0.4, -0.2) is 37.6 Å². The summed E-state index contributed by atoms with van der Waals surface area (Å²) < 4.78 is 46.8. The van der Waals surface area contributed by atoms with Crippen LogP contribution in [0.2, 0.25) is 0 Å². The number of halogens is 3. The Morgan fingerprint density at radius 1 is 1.16 bits per heavy atom. The van der Waals surface area contributed by atoms with Crippen LogP contribution in [-0.2, 0) is 4.74 Å². The summed E-state index contributed by atoms with van der Waals surface area (Å²) in [5.74, 6) is -0.248. The summed E-state index contributed by atoms with van der Waals surface area (Å²) in [5, 5.41) is 3.39. The molecular weight excluding hydrogens is 417 g/mol. The maximum atomic E-state index is 12.5. The van der Waals surface area contributed by atoms with Gasteiger partial charge in [-0.05, 0) is 62.6 Å². The highest BCUT2D eigenvalue weighted by molar-refractivity contribution is 5.61. The fourth-order valence-corrected chi connectivity index (χ4v) is 3.61. The van der Waals surface area contributed by atoms with Gasteiger partial charge in [0.25, 0.3) is 0 Å². The standard InChI is InChI=1S/C25H33F3N2O2/c1-6-10-18(8-3)24(23(11-7-2)30-16-21(17-30)31-5)22(9-4)29-19-12-14-20(15-13-19)32-25(26,27)28/h7,9-15,21,29H,6,8,16-17H2,1-5H3/b11-7-,18-10+,22-9-,24-23+. The molecule has 1 saturated heterocycles. The van der Waals surface area contributed by atoms with Gasteiger partial charge in [0.2, 0.25) is 0 Å². The number of hydrogen-bond acceptors (Lipinski definition) is 4. The molecule has 1 aromatic rings. The highest BCUT2D eigenvalue weighted by Crippen LogP contribution is 2.33. The van der Waals surface area contributed by atoms with Crippen LogP contribution in [0, 0.1) is 0 Å². The van der Waals surface area contributed by atoms with E-state index < -0.39 is 6.36 Å². The first-order valence-corrected chi connectivity index (χ1v) is 10.9. The molecule has 0 atom stereocenters. The predicted octanol–water partition coefficient (Wildman–Crippen LogP) is 6.81. The van der Waals surface area contributed by atoms with Crippen molar-refractivity contribution in [2.45, 2.75) is 53.0 Å². The number of ether oxygens (including phenoxy) is 2. The average molecular weight is 451 g/mol. The molecule has 0 spiro atoms. The minimum atomic E-state index is -4.71. The number of likely N-dealkylation sites (tertiary alicyclic amines) is 1. The number of allylic oxidation sites excluding steroid dienone is 5. The average Bonchev–Trinajstić information content (AvgIpc) is 2.71. The fraction of sp³-hybridized carbons (Fsp3) is 0.440. The monoisotopic (exact) mass is 450 g/mol. The molecule has 1 aliphatic heterocycles. The molecular formula is C25H33F3N2O2. The second kappa shape index (κ2) is 11.8. The molecule has 176 valence electrons. The zero-order valence-corrected chi connectivity index (χ0v) is 19.4. The van der Waals surface area contributed by atoms with Crippen molar-refractivity contribution in [3.05, 3.63) is 71.1 Å². The predicted molar refractivity (Wildman–Crippen MR) is 123 cm³/mol. The molecule has 7 heteroatoms. The van der Waals surface area contributed by atoms with Gasteiger partial charge in [0.15, 0.2) is 0 Å². The van der Waals surface area contributed by atoms with Gasteiger partial charge in [-0.2, -0.15) is 0 Å². The second-order valence-corrected chi connectivity index (χ2v) is 7.41. The van der Waals surface area contributed by atoms with E-state index in [0.29, 0.717) is 5.69 Å². The van der Waals surface area contributed by atoms with Crippen molar-refractivity contribution in [3.63, 3.8) is 0 Å². The lowest BCUT2D eigenvalue weighted by Gasteiger charge is -2.42. The van der Waals surface area contributed by atoms with Crippen molar-refractivity contribution < 1.29 is 22.6 Å². The Labute approximate surface area is 189 Å². The van der Waals surface area contributed by atoms with Gasteiger partial charge in [-0.15, -0.1) is 13.2 Å². The first-order valence-electron chi connectivity index (χ1n) is 10.9. The third kappa shape index (κ3) is 6.92. The summed E-state index contributed by atoms with van der Waals surface area (Å²) in [6.07, 6.45) is 5.58. The summed E-state index contributed by atoms with van der Waals surface area (Å²) in [6.45, 7) is 9.79. The van der Waals surface area contributed by atoms with Gasteiger partial charge in [0.05, 0.1) is 6.10 Å². The van der Waals surface area contributed by atoms with Crippen molar-refractivity contribution in [3.8, 4) is 5.75 Å². The molecule has 0 amide bonds. The lowest BCUT2D eigenvalue weighted by Crippen LogP contribution is -2.51. The molecule has 1 N–H and O–H groups in total. The minimum Gasteiger partial charge on any atom is -0.406 e. The maximum Gasteiger partial charge on any atom is 0.573 e. The number of benzene rings is 1. The van der Waals surface area contributed by atoms with E-state index in [9.17, 15) is 13.2 Å². The second-order valence-electron chi connectivity index (χ2n) is 7.41. The fourth-order valence-electron chi connectivity index (χ4n) is 3.61. The molecule has 4 nitrogen and oxygen atoms in total. The molecule has 32 heavy (non-hydrogen) atoms. The van der Waals surface area contributed by atoms with Gasteiger partial charge in [0, 0.05) is 42.9 Å². The van der Waals surface area contributed by atoms with Crippen LogP contribution < -0.4 is 10.1 Å². The Morgan fingerprint density at radius 2 is 1.81 bits per heavy atom. The van der Waals surface area contributed by atoms with E-state index in [1.165, 1.54) is 17.7 Å². The van der Waals surface area contributed by atoms with Crippen molar-refractivity contribution in [2.75, 3.05) is 25.5 Å². The van der Waals surface area contributed by atoms with Crippen molar-refractivity contribution in [1.82, 2.24) is 4.90 Å². The van der Waals surface area contributed by atoms with Crippen molar-refractivity contribution in [2.24, 2.45) is 0 Å². The molecule has 0 bridgehead atoms. The quantitative estimate of drug-likeness (QED) is 0.397. The van der Waals surface area contributed by atoms with Gasteiger partial charge in [-0.1, -0.05) is 32.1 Å². The molecule has 2 rings (SSSR count). The largest absolute Gasteiger partial charge is 0.573 e. The van der Waals surface area contributed by atoms with Crippen LogP contribution in [0.5, 0.6) is 5.75 Å². The van der Waals surface area contributed by atoms with Crippen LogP contribution in [0.15, 0.2) is 71.1 Å². The topological polar surface area (TPSA) is 33.7 Å². The SMILES string of the molecule is C\C=C/C(=C(C(=C\C)\Nc1ccc(OC(F)(F)F)cc1)/C(=C/CC)CC)N1CC(OC)C1. The van der Waals surface area contributed by atoms with Gasteiger partial charge < -0.3 is 19.7 Å². The Morgan fingerprint density at radius 3 is 2.28 bits per heavy atom. The minimum absolute atomic E-state index is 0.208. The van der Waals surface area contributed by atoms with E-state index in [1.807, 2.05) is 26.0 Å². The highest BCUT2D eigenvalue weighted by atomic mass is 19.4. The molecule has 0 saturated carbocycles. The molecule has 0 radical (unpaired) electrons. The lowest BCUT2D eigenvalue weighted by molar-refractivity contribution is -0.274. The molecule has 1 heterocycles. The Kier molecular flexibility index (Phi) is 9.44. The summed E-state index contributed by atoms with van der Waals surface area (Å²) >= 11 is 0. The third-order valence-electron chi connectivity index (χ3n) is 5.18. The van der Waals surface area contributed by atoms with Crippen molar-refractivity contribution >= 4 is 5.69 Å². The Balaban J connectivity index is 2.43. The van der Waals surface area contributed by atoms with Crippen LogP contribution in [0.1, 0.15) is 40.5 Å². The normalized spacial score (nSPS) is 16.8. The molecule has 0 aliphatic carbocycles. The smallest absolute Gasteiger partial charge is 0.406 e. The van der Waals surface area contributed by atoms with Crippen LogP contribution >= 0.6 is 0 Å². The number of methoxy groups -OCH3 is 1. The number of nitrogens with one attached hydrogen (secondary N) is 1. The third-order valence-corrected chi connectivity index (χ3v) is 5.18. The van der Waals surface area contributed by atoms with Gasteiger partial charge in [0.1, 0.15) is 5.75 Å². The van der Waals surface area contributed by atoms with Gasteiger partial charge in [-0.25, -0.2) is 0 Å². The number of hydrogen-bond donors (Lipinski definition) is 1. The van der Waals surface area contributed by atoms with Crippen molar-refractivity contribution in [1.29, 1.82) is 0 Å². The van der Waals surface area contributed by atoms with E-state index in [0.717, 1.165) is 42.9 Å². The van der Waals surface area contributed by atoms with Crippen LogP contribution in [0.3, 0.4) is 0 Å². The number of anilines is 1. The van der Waals surface area contributed by atoms with Crippen LogP contribution in [0.4, 0.5) is 18.9 Å². The van der Waals surface area contributed by atoms with E-state index in [2.05, 4.69) is 41.0 Å². The number of alkyl halides is 3. The molecule has 0 unspecified atom stereocenters. The highest BCUT2D eigenvalue weighted by Gasteiger charge is 2.31. The summed E-state index contributed by atoms with van der Waals surface area (Å²) in [5.41, 5.74) is 4.96. The first-order chi connectivity index (χ1) is 15.3. The molecule has 0 aromatic heterocycles. The zero-order chi connectivity index (χ0) is 23.7. The Bertz CT molecular complexity index is 862. The van der Waals surface area contributed by atoms with Gasteiger partial charge in [-0.3, -0.25) is 0 Å². The summed E-state index contributed by atoms with van der Waals surface area (Å²) in [6, 6.07) is 5.77. The van der Waals surface area contributed by atoms with E-state index >= 15 is 0 Å². The van der Waals surface area contributed by atoms with Crippen LogP contribution in [0.25, 0.3) is 0 Å². The molecule has 1 aromatic carbocycles. The van der Waals surface area contributed by atoms with E-state index in [-0.39, 0.29) is 11.9 Å². The van der Waals surface area contributed by atoms with E-state index in [1.54, 1.807) is 19.2 Å². The maximum absolute atomic E-state index is 12.5. The number of nitrogens with zero attached hydrogens (tertiary/aromatic N) is 1. The molecule has 1 aliphatic rings. The first kappa shape index (κ1) is 25.6.